The molecule has 1 aliphatic heterocycles. The molecule has 6 nitrogen and oxygen atoms in total. The molecule has 0 spiro atoms. The zero-order valence-corrected chi connectivity index (χ0v) is 18.9. The standard InChI is InChI=1S/C21H27N3O3.HI/c1-22-21(24-14-16-8-9-17(25-2)12-20(16)26-3)23-13-15-10-11-27-19-7-5-4-6-18(15)19;/h4-9,12,15H,10-11,13-14H2,1-3H3,(H2,22,23,24);1H. The second kappa shape index (κ2) is 11.0. The molecule has 28 heavy (non-hydrogen) atoms. The zero-order valence-electron chi connectivity index (χ0n) is 16.5. The number of hydrogen-bond acceptors (Lipinski definition) is 4. The summed E-state index contributed by atoms with van der Waals surface area (Å²) < 4.78 is 16.4. The van der Waals surface area contributed by atoms with Gasteiger partial charge in [-0.3, -0.25) is 4.99 Å². The number of halogens is 1. The van der Waals surface area contributed by atoms with Crippen molar-refractivity contribution in [3.8, 4) is 17.2 Å². The third-order valence-electron chi connectivity index (χ3n) is 4.76. The summed E-state index contributed by atoms with van der Waals surface area (Å²) in [5.74, 6) is 3.72. The van der Waals surface area contributed by atoms with Gasteiger partial charge in [-0.05, 0) is 30.2 Å². The molecule has 0 saturated heterocycles. The Labute approximate surface area is 183 Å². The molecule has 2 aromatic rings. The molecular weight excluding hydrogens is 469 g/mol. The van der Waals surface area contributed by atoms with Gasteiger partial charge in [-0.25, -0.2) is 0 Å². The maximum atomic E-state index is 5.74. The van der Waals surface area contributed by atoms with Crippen molar-refractivity contribution in [2.45, 2.75) is 18.9 Å². The van der Waals surface area contributed by atoms with E-state index in [1.165, 1.54) is 5.56 Å². The van der Waals surface area contributed by atoms with E-state index in [1.807, 2.05) is 30.3 Å². The van der Waals surface area contributed by atoms with Gasteiger partial charge in [0.2, 0.25) is 0 Å². The fourth-order valence-corrected chi connectivity index (χ4v) is 3.25. The van der Waals surface area contributed by atoms with Crippen LogP contribution in [0, 0.1) is 0 Å². The van der Waals surface area contributed by atoms with Crippen molar-refractivity contribution in [2.75, 3.05) is 34.4 Å². The number of fused-ring (bicyclic) bond motifs is 1. The lowest BCUT2D eigenvalue weighted by Gasteiger charge is -2.26. The fourth-order valence-electron chi connectivity index (χ4n) is 3.25. The second-order valence-corrected chi connectivity index (χ2v) is 6.36. The summed E-state index contributed by atoms with van der Waals surface area (Å²) in [4.78, 5) is 4.33. The highest BCUT2D eigenvalue weighted by Gasteiger charge is 2.21. The molecule has 2 N–H and O–H groups in total. The molecule has 0 bridgehead atoms. The molecule has 1 unspecified atom stereocenters. The van der Waals surface area contributed by atoms with E-state index in [0.717, 1.165) is 48.3 Å². The van der Waals surface area contributed by atoms with Crippen molar-refractivity contribution in [1.29, 1.82) is 0 Å². The van der Waals surface area contributed by atoms with Crippen molar-refractivity contribution in [2.24, 2.45) is 4.99 Å². The summed E-state index contributed by atoms with van der Waals surface area (Å²) in [6.45, 7) is 2.16. The first kappa shape index (κ1) is 22.1. The monoisotopic (exact) mass is 497 g/mol. The SMILES string of the molecule is CN=C(NCc1ccc(OC)cc1OC)NCC1CCOc2ccccc21.I. The van der Waals surface area contributed by atoms with Crippen LogP contribution in [0.3, 0.4) is 0 Å². The first-order valence-electron chi connectivity index (χ1n) is 9.12. The Morgan fingerprint density at radius 3 is 2.71 bits per heavy atom. The summed E-state index contributed by atoms with van der Waals surface area (Å²) in [7, 11) is 5.08. The third-order valence-corrected chi connectivity index (χ3v) is 4.76. The summed E-state index contributed by atoms with van der Waals surface area (Å²) in [6, 6.07) is 14.0. The quantitative estimate of drug-likeness (QED) is 0.363. The zero-order chi connectivity index (χ0) is 19.1. The highest BCUT2D eigenvalue weighted by Crippen LogP contribution is 2.32. The first-order valence-corrected chi connectivity index (χ1v) is 9.12. The number of rotatable bonds is 6. The normalized spacial score (nSPS) is 15.5. The van der Waals surface area contributed by atoms with Gasteiger partial charge in [-0.2, -0.15) is 0 Å². The molecule has 0 saturated carbocycles. The van der Waals surface area contributed by atoms with E-state index in [2.05, 4.69) is 27.8 Å². The van der Waals surface area contributed by atoms with Gasteiger partial charge in [-0.15, -0.1) is 24.0 Å². The number of guanidine groups is 1. The number of methoxy groups -OCH3 is 2. The minimum Gasteiger partial charge on any atom is -0.497 e. The Morgan fingerprint density at radius 2 is 1.96 bits per heavy atom. The molecule has 7 heteroatoms. The number of hydrogen-bond donors (Lipinski definition) is 2. The van der Waals surface area contributed by atoms with Crippen LogP contribution >= 0.6 is 24.0 Å². The Hall–Kier alpha value is -2.16. The number of nitrogens with one attached hydrogen (secondary N) is 2. The van der Waals surface area contributed by atoms with Crippen LogP contribution in [0.5, 0.6) is 17.2 Å². The molecule has 1 atom stereocenters. The highest BCUT2D eigenvalue weighted by molar-refractivity contribution is 14.0. The largest absolute Gasteiger partial charge is 0.497 e. The molecule has 0 radical (unpaired) electrons. The van der Waals surface area contributed by atoms with Gasteiger partial charge in [0.25, 0.3) is 0 Å². The lowest BCUT2D eigenvalue weighted by atomic mass is 9.93. The molecule has 3 rings (SSSR count). The van der Waals surface area contributed by atoms with Crippen molar-refractivity contribution < 1.29 is 14.2 Å². The molecule has 152 valence electrons. The van der Waals surface area contributed by atoms with Gasteiger partial charge in [0.15, 0.2) is 5.96 Å². The average Bonchev–Trinajstić information content (AvgIpc) is 2.73. The van der Waals surface area contributed by atoms with E-state index in [0.29, 0.717) is 12.5 Å². The maximum Gasteiger partial charge on any atom is 0.191 e. The van der Waals surface area contributed by atoms with Gasteiger partial charge < -0.3 is 24.8 Å². The minimum atomic E-state index is 0. The predicted molar refractivity (Wildman–Crippen MR) is 122 cm³/mol. The van der Waals surface area contributed by atoms with E-state index < -0.39 is 0 Å². The summed E-state index contributed by atoms with van der Waals surface area (Å²) in [6.07, 6.45) is 0.993. The van der Waals surface area contributed by atoms with Crippen LogP contribution in [0.2, 0.25) is 0 Å². The Bertz CT molecular complexity index is 798. The molecule has 0 amide bonds. The highest BCUT2D eigenvalue weighted by atomic mass is 127. The van der Waals surface area contributed by atoms with Crippen LogP contribution < -0.4 is 24.8 Å². The summed E-state index contributed by atoms with van der Waals surface area (Å²) in [5, 5.41) is 6.78. The number of ether oxygens (including phenoxy) is 3. The predicted octanol–water partition coefficient (Wildman–Crippen LogP) is 3.55. The van der Waals surface area contributed by atoms with E-state index >= 15 is 0 Å². The Kier molecular flexibility index (Phi) is 8.69. The van der Waals surface area contributed by atoms with Crippen LogP contribution in [0.15, 0.2) is 47.5 Å². The van der Waals surface area contributed by atoms with Crippen LogP contribution in [0.25, 0.3) is 0 Å². The van der Waals surface area contributed by atoms with Crippen molar-refractivity contribution in [3.05, 3.63) is 53.6 Å². The van der Waals surface area contributed by atoms with E-state index in [1.54, 1.807) is 21.3 Å². The molecule has 2 aromatic carbocycles. The number of nitrogens with zero attached hydrogens (tertiary/aromatic N) is 1. The fraction of sp³-hybridized carbons (Fsp3) is 0.381. The van der Waals surface area contributed by atoms with Gasteiger partial charge >= 0.3 is 0 Å². The van der Waals surface area contributed by atoms with Crippen LogP contribution in [0.4, 0.5) is 0 Å². The smallest absolute Gasteiger partial charge is 0.191 e. The molecule has 1 aliphatic rings. The third kappa shape index (κ3) is 5.43. The van der Waals surface area contributed by atoms with Crippen molar-refractivity contribution >= 4 is 29.9 Å². The number of benzene rings is 2. The maximum absolute atomic E-state index is 5.74. The topological polar surface area (TPSA) is 64.1 Å². The van der Waals surface area contributed by atoms with Crippen molar-refractivity contribution in [1.82, 2.24) is 10.6 Å². The Balaban J connectivity index is 0.00000280. The average molecular weight is 497 g/mol. The van der Waals surface area contributed by atoms with Gasteiger partial charge in [0.1, 0.15) is 17.2 Å². The molecule has 0 aliphatic carbocycles. The molecule has 0 fully saturated rings. The second-order valence-electron chi connectivity index (χ2n) is 6.36. The van der Waals surface area contributed by atoms with Crippen LogP contribution in [0.1, 0.15) is 23.5 Å². The lowest BCUT2D eigenvalue weighted by Crippen LogP contribution is -2.39. The van der Waals surface area contributed by atoms with Gasteiger partial charge in [0, 0.05) is 37.7 Å². The van der Waals surface area contributed by atoms with E-state index in [-0.39, 0.29) is 24.0 Å². The van der Waals surface area contributed by atoms with Gasteiger partial charge in [-0.1, -0.05) is 18.2 Å². The first-order chi connectivity index (χ1) is 13.2. The number of para-hydroxylation sites is 1. The Morgan fingerprint density at radius 1 is 1.14 bits per heavy atom. The van der Waals surface area contributed by atoms with Crippen molar-refractivity contribution in [3.63, 3.8) is 0 Å². The van der Waals surface area contributed by atoms with Crippen LogP contribution in [-0.4, -0.2) is 40.4 Å². The molecule has 0 aromatic heterocycles. The van der Waals surface area contributed by atoms with Gasteiger partial charge in [0.05, 0.1) is 20.8 Å². The number of aliphatic imine (C=N–C) groups is 1. The minimum absolute atomic E-state index is 0. The molecule has 1 heterocycles. The summed E-state index contributed by atoms with van der Waals surface area (Å²) >= 11 is 0. The van der Waals surface area contributed by atoms with Crippen LogP contribution in [-0.2, 0) is 6.54 Å². The molecular formula is C21H28IN3O3. The lowest BCUT2D eigenvalue weighted by molar-refractivity contribution is 0.267. The van der Waals surface area contributed by atoms with E-state index in [4.69, 9.17) is 14.2 Å². The van der Waals surface area contributed by atoms with E-state index in [9.17, 15) is 0 Å². The summed E-state index contributed by atoms with van der Waals surface area (Å²) in [5.41, 5.74) is 2.29.